The summed E-state index contributed by atoms with van der Waals surface area (Å²) in [6.45, 7) is 5.49. The van der Waals surface area contributed by atoms with Gasteiger partial charge in [-0.05, 0) is 19.8 Å². The van der Waals surface area contributed by atoms with E-state index in [1.54, 1.807) is 0 Å². The average Bonchev–Trinajstić information content (AvgIpc) is 3.00. The predicted octanol–water partition coefficient (Wildman–Crippen LogP) is 9.13. The van der Waals surface area contributed by atoms with Crippen molar-refractivity contribution in [3.8, 4) is 0 Å². The third-order valence-corrected chi connectivity index (χ3v) is 9.05. The number of aliphatic hydroxyl groups excluding tert-OH is 2. The van der Waals surface area contributed by atoms with Crippen LogP contribution in [0.4, 0.5) is 0 Å². The lowest BCUT2D eigenvalue weighted by atomic mass is 9.81. The van der Waals surface area contributed by atoms with Gasteiger partial charge in [0.1, 0.15) is 12.2 Å². The summed E-state index contributed by atoms with van der Waals surface area (Å²) in [6.07, 6.45) is 26.1. The van der Waals surface area contributed by atoms with Crippen LogP contribution in [0.3, 0.4) is 0 Å². The number of carbonyl (C=O) groups excluding carboxylic acids is 3. The van der Waals surface area contributed by atoms with Gasteiger partial charge in [0.2, 0.25) is 5.60 Å². The molecule has 3 atom stereocenters. The Hall–Kier alpha value is -1.11. The first kappa shape index (κ1) is 41.9. The second-order valence-corrected chi connectivity index (χ2v) is 13.1. The van der Waals surface area contributed by atoms with Crippen LogP contribution in [0.2, 0.25) is 0 Å². The molecule has 0 saturated heterocycles. The van der Waals surface area contributed by atoms with E-state index in [4.69, 9.17) is 0 Å². The lowest BCUT2D eigenvalue weighted by Gasteiger charge is -2.31. The fourth-order valence-corrected chi connectivity index (χ4v) is 5.93. The Morgan fingerprint density at radius 2 is 0.767 bits per heavy atom. The van der Waals surface area contributed by atoms with Crippen LogP contribution in [0.15, 0.2) is 0 Å². The molecule has 0 rings (SSSR count). The predicted molar refractivity (Wildman–Crippen MR) is 178 cm³/mol. The molecule has 43 heavy (non-hydrogen) atoms. The number of Topliss-reactive ketones (excluding diaryl/α,β-unsaturated/α-hetero) is 3. The molecule has 0 aromatic carbocycles. The molecule has 0 heterocycles. The highest BCUT2D eigenvalue weighted by atomic mass is 16.4. The Morgan fingerprint density at radius 1 is 0.488 bits per heavy atom. The summed E-state index contributed by atoms with van der Waals surface area (Å²) in [6, 6.07) is 0. The van der Waals surface area contributed by atoms with E-state index in [0.29, 0.717) is 12.8 Å². The van der Waals surface area contributed by atoms with Crippen LogP contribution in [0.25, 0.3) is 0 Å². The number of rotatable bonds is 33. The second-order valence-electron chi connectivity index (χ2n) is 13.1. The van der Waals surface area contributed by atoms with Gasteiger partial charge in [-0.2, -0.15) is 0 Å². The molecule has 3 unspecified atom stereocenters. The molecule has 0 spiro atoms. The zero-order valence-corrected chi connectivity index (χ0v) is 28.5. The van der Waals surface area contributed by atoms with Crippen molar-refractivity contribution in [3.63, 3.8) is 0 Å². The number of carbonyl (C=O) groups is 3. The smallest absolute Gasteiger partial charge is 0.210 e. The first-order valence-corrected chi connectivity index (χ1v) is 18.4. The Balaban J connectivity index is 4.13. The monoisotopic (exact) mass is 611 g/mol. The number of hydrogen-bond donors (Lipinski definition) is 3. The van der Waals surface area contributed by atoms with Crippen molar-refractivity contribution in [2.45, 2.75) is 218 Å². The molecule has 0 aromatic rings. The average molecular weight is 611 g/mol. The van der Waals surface area contributed by atoms with Gasteiger partial charge in [-0.3, -0.25) is 14.4 Å². The van der Waals surface area contributed by atoms with Gasteiger partial charge in [-0.15, -0.1) is 0 Å². The minimum Gasteiger partial charge on any atom is -0.386 e. The highest BCUT2D eigenvalue weighted by Gasteiger charge is 2.51. The minimum atomic E-state index is -2.75. The van der Waals surface area contributed by atoms with Crippen molar-refractivity contribution >= 4 is 17.3 Å². The van der Waals surface area contributed by atoms with Crippen molar-refractivity contribution < 1.29 is 29.7 Å². The number of ketones is 3. The van der Waals surface area contributed by atoms with E-state index in [2.05, 4.69) is 13.8 Å². The van der Waals surface area contributed by atoms with Gasteiger partial charge in [-0.25, -0.2) is 0 Å². The van der Waals surface area contributed by atoms with E-state index in [-0.39, 0.29) is 12.8 Å². The number of unbranched alkanes of at least 4 members (excludes halogenated alkanes) is 24. The summed E-state index contributed by atoms with van der Waals surface area (Å²) in [7, 11) is 0. The Bertz CT molecular complexity index is 693. The quantitative estimate of drug-likeness (QED) is 0.0505. The zero-order chi connectivity index (χ0) is 32.2. The highest BCUT2D eigenvalue weighted by Crippen LogP contribution is 2.23. The van der Waals surface area contributed by atoms with E-state index >= 15 is 0 Å². The van der Waals surface area contributed by atoms with E-state index < -0.39 is 35.2 Å². The molecule has 6 heteroatoms. The maximum absolute atomic E-state index is 12.8. The van der Waals surface area contributed by atoms with E-state index in [1.807, 2.05) is 0 Å². The van der Waals surface area contributed by atoms with Crippen molar-refractivity contribution in [2.75, 3.05) is 0 Å². The fraction of sp³-hybridized carbons (Fsp3) is 0.919. The zero-order valence-electron chi connectivity index (χ0n) is 28.5. The molecule has 254 valence electrons. The van der Waals surface area contributed by atoms with Gasteiger partial charge in [0.25, 0.3) is 0 Å². The van der Waals surface area contributed by atoms with Crippen LogP contribution in [-0.2, 0) is 14.4 Å². The molecule has 0 amide bonds. The maximum Gasteiger partial charge on any atom is 0.210 e. The van der Waals surface area contributed by atoms with Crippen molar-refractivity contribution in [3.05, 3.63) is 0 Å². The summed E-state index contributed by atoms with van der Waals surface area (Å²) < 4.78 is 0. The first-order valence-electron chi connectivity index (χ1n) is 18.4. The lowest BCUT2D eigenvalue weighted by Crippen LogP contribution is -2.60. The standard InChI is InChI=1S/C37H70O6/c1-4-6-8-10-12-14-16-18-20-22-24-26-28-30-33(39)35(41)36(42)37(43,32(3)38)34(40)31-29-27-25-23-21-19-17-15-13-11-9-7-5-2/h35-36,41-43H,4-31H2,1-3H3. The SMILES string of the molecule is CCCCCCCCCCCCCCCC(=O)C(O)C(O)C(O)(C(C)=O)C(=O)CCCCCCCCCCCCCCC. The first-order chi connectivity index (χ1) is 20.7. The van der Waals surface area contributed by atoms with E-state index in [9.17, 15) is 29.7 Å². The molecule has 0 aliphatic carbocycles. The second kappa shape index (κ2) is 28.4. The van der Waals surface area contributed by atoms with Crippen LogP contribution in [0.1, 0.15) is 201 Å². The van der Waals surface area contributed by atoms with Crippen LogP contribution < -0.4 is 0 Å². The summed E-state index contributed by atoms with van der Waals surface area (Å²) in [4.78, 5) is 37.6. The molecule has 3 N–H and O–H groups in total. The molecular weight excluding hydrogens is 540 g/mol. The third kappa shape index (κ3) is 20.5. The van der Waals surface area contributed by atoms with Gasteiger partial charge in [0.15, 0.2) is 17.3 Å². The van der Waals surface area contributed by atoms with Crippen LogP contribution in [0.5, 0.6) is 0 Å². The van der Waals surface area contributed by atoms with Crippen LogP contribution >= 0.6 is 0 Å². The molecule has 6 nitrogen and oxygen atoms in total. The normalized spacial score (nSPS) is 14.4. The molecule has 0 fully saturated rings. The van der Waals surface area contributed by atoms with Gasteiger partial charge < -0.3 is 15.3 Å². The van der Waals surface area contributed by atoms with Crippen LogP contribution in [-0.4, -0.2) is 50.5 Å². The Morgan fingerprint density at radius 3 is 1.07 bits per heavy atom. The van der Waals surface area contributed by atoms with Gasteiger partial charge >= 0.3 is 0 Å². The van der Waals surface area contributed by atoms with E-state index in [0.717, 1.165) is 45.4 Å². The fourth-order valence-electron chi connectivity index (χ4n) is 5.93. The number of hydrogen-bond acceptors (Lipinski definition) is 6. The molecule has 0 radical (unpaired) electrons. The molecule has 0 aliphatic heterocycles. The van der Waals surface area contributed by atoms with E-state index in [1.165, 1.54) is 116 Å². The summed E-state index contributed by atoms with van der Waals surface area (Å²) in [5.41, 5.74) is -2.75. The summed E-state index contributed by atoms with van der Waals surface area (Å²) >= 11 is 0. The summed E-state index contributed by atoms with van der Waals surface area (Å²) in [5, 5.41) is 31.9. The van der Waals surface area contributed by atoms with Crippen LogP contribution in [0, 0.1) is 0 Å². The number of aliphatic hydroxyl groups is 3. The van der Waals surface area contributed by atoms with Crippen molar-refractivity contribution in [1.29, 1.82) is 0 Å². The highest BCUT2D eigenvalue weighted by molar-refractivity contribution is 6.10. The molecule has 0 aromatic heterocycles. The molecular formula is C37H70O6. The Labute approximate surface area is 265 Å². The molecule has 0 aliphatic rings. The summed E-state index contributed by atoms with van der Waals surface area (Å²) in [5.74, 6) is -2.39. The molecule has 0 bridgehead atoms. The van der Waals surface area contributed by atoms with Crippen molar-refractivity contribution in [1.82, 2.24) is 0 Å². The molecule has 0 saturated carbocycles. The maximum atomic E-state index is 12.8. The third-order valence-electron chi connectivity index (χ3n) is 9.05. The minimum absolute atomic E-state index is 0.0526. The lowest BCUT2D eigenvalue weighted by molar-refractivity contribution is -0.173. The van der Waals surface area contributed by atoms with Gasteiger partial charge in [0, 0.05) is 12.8 Å². The Kier molecular flexibility index (Phi) is 27.6. The van der Waals surface area contributed by atoms with Gasteiger partial charge in [-0.1, -0.05) is 168 Å². The topological polar surface area (TPSA) is 112 Å². The largest absolute Gasteiger partial charge is 0.386 e. The van der Waals surface area contributed by atoms with Crippen molar-refractivity contribution in [2.24, 2.45) is 0 Å². The van der Waals surface area contributed by atoms with Gasteiger partial charge in [0.05, 0.1) is 0 Å².